The average molecular weight is 1090 g/mol. The molecule has 6 heterocycles. The molecule has 2 aromatic carbocycles. The first-order valence-electron chi connectivity index (χ1n) is 25.3. The third-order valence-electron chi connectivity index (χ3n) is 13.7. The molecule has 410 valence electrons. The van der Waals surface area contributed by atoms with E-state index in [1.165, 1.54) is 65.1 Å². The largest absolute Gasteiger partial charge is 0.456 e. The highest BCUT2D eigenvalue weighted by Crippen LogP contribution is 2.35. The molecule has 0 atom stereocenters. The molecule has 3 fully saturated rings. The lowest BCUT2D eigenvalue weighted by molar-refractivity contribution is -0.930. The molecular weight excluding hydrogens is 1030 g/mol. The Labute approximate surface area is 448 Å². The van der Waals surface area contributed by atoms with Gasteiger partial charge in [-0.05, 0) is 84.9 Å². The van der Waals surface area contributed by atoms with E-state index in [1.54, 1.807) is 21.6 Å². The molecule has 0 unspecified atom stereocenters. The highest BCUT2D eigenvalue weighted by atomic mass is 35.5. The summed E-state index contributed by atoms with van der Waals surface area (Å²) in [5.41, 5.74) is -0.476. The third kappa shape index (κ3) is 13.2. The maximum atomic E-state index is 15.9. The molecule has 3 aliphatic rings. The average Bonchev–Trinajstić information content (AvgIpc) is 3.90. The Kier molecular flexibility index (Phi) is 16.2. The number of aryl methyl sites for hydroxylation is 1. The van der Waals surface area contributed by atoms with Crippen LogP contribution < -0.4 is 10.6 Å². The van der Waals surface area contributed by atoms with Gasteiger partial charge in [-0.1, -0.05) is 17.7 Å². The molecule has 20 nitrogen and oxygen atoms in total. The molecule has 5 aromatic rings. The van der Waals surface area contributed by atoms with Crippen molar-refractivity contribution in [2.75, 3.05) is 76.1 Å². The Balaban J connectivity index is 0.834. The summed E-state index contributed by atoms with van der Waals surface area (Å²) < 4.78 is 59.1. The smallest absolute Gasteiger partial charge is 0.410 e. The number of esters is 1. The summed E-state index contributed by atoms with van der Waals surface area (Å²) in [5, 5.41) is 16.3. The number of quaternary nitrogens is 1. The second-order valence-electron chi connectivity index (χ2n) is 21.9. The summed E-state index contributed by atoms with van der Waals surface area (Å²) in [7, 11) is 1.47. The first kappa shape index (κ1) is 55.8. The molecule has 0 saturated carbocycles. The van der Waals surface area contributed by atoms with E-state index < -0.39 is 40.6 Å². The fourth-order valence-corrected chi connectivity index (χ4v) is 10.3. The van der Waals surface area contributed by atoms with Crippen LogP contribution in [0.2, 0.25) is 5.02 Å². The van der Waals surface area contributed by atoms with Crippen molar-refractivity contribution in [3.05, 3.63) is 94.5 Å². The van der Waals surface area contributed by atoms with Crippen LogP contribution in [0.1, 0.15) is 81.1 Å². The molecule has 3 aromatic heterocycles. The first-order chi connectivity index (χ1) is 36.2. The molecule has 77 heavy (non-hydrogen) atoms. The lowest BCUT2D eigenvalue weighted by atomic mass is 9.90. The second-order valence-corrected chi connectivity index (χ2v) is 22.3. The number of anilines is 2. The topological polar surface area (TPSA) is 216 Å². The highest BCUT2D eigenvalue weighted by Gasteiger charge is 2.45. The summed E-state index contributed by atoms with van der Waals surface area (Å²) in [6.07, 6.45) is 3.43. The zero-order chi connectivity index (χ0) is 55.7. The van der Waals surface area contributed by atoms with Gasteiger partial charge in [-0.2, -0.15) is 9.49 Å². The number of imidazole rings is 1. The maximum Gasteiger partial charge on any atom is 0.410 e. The van der Waals surface area contributed by atoms with Gasteiger partial charge in [0, 0.05) is 99.6 Å². The van der Waals surface area contributed by atoms with Gasteiger partial charge in [0.05, 0.1) is 47.8 Å². The highest BCUT2D eigenvalue weighted by molar-refractivity contribution is 6.34. The Hall–Kier alpha value is -7.40. The zero-order valence-electron chi connectivity index (χ0n) is 44.3. The minimum absolute atomic E-state index is 0.0129. The van der Waals surface area contributed by atoms with E-state index in [0.717, 1.165) is 6.07 Å². The van der Waals surface area contributed by atoms with Gasteiger partial charge in [0.15, 0.2) is 29.8 Å². The van der Waals surface area contributed by atoms with E-state index in [1.807, 2.05) is 41.5 Å². The molecule has 3 saturated heterocycles. The number of nitrogens with one attached hydrogen (secondary N) is 2. The van der Waals surface area contributed by atoms with E-state index in [9.17, 15) is 33.2 Å². The van der Waals surface area contributed by atoms with Crippen LogP contribution >= 0.6 is 11.6 Å². The minimum atomic E-state index is -1.21. The number of nitrogens with zero attached hydrogens (tertiary/aromatic N) is 10. The van der Waals surface area contributed by atoms with Crippen LogP contribution in [-0.2, 0) is 37.4 Å². The predicted molar refractivity (Wildman–Crippen MR) is 277 cm³/mol. The van der Waals surface area contributed by atoms with Gasteiger partial charge in [-0.15, -0.1) is 10.2 Å². The van der Waals surface area contributed by atoms with Gasteiger partial charge < -0.3 is 43.9 Å². The molecule has 8 rings (SSSR count). The number of ether oxygens (including phenoxy) is 2. The number of hydrogen-bond donors (Lipinski definition) is 2. The van der Waals surface area contributed by atoms with Crippen molar-refractivity contribution in [2.24, 2.45) is 18.9 Å². The number of benzene rings is 2. The standard InChI is InChI=1S/C53H62ClF3N12O8/c1-31-38(27-68(63-31)28-43(70)60-42-14-13-41(55)61-62-42)35-11-12-37(46(57)45(35)56)40-24-58-47(64(40)8)48(72)59-34-9-10-36(39(54)23-34)50(74)66-19-17-65(18-20-66)49(73)33-15-21-69(22-16-33,30-44(71)76-52(2,3)4)29-32-25-67(26-32)51(75)77-53(5,6)7/h9-14,23-24,27,32-33H,15-22,25-26,28-30H2,1-8H3,(H-,59,60,62,70,72,74)/p+1/t33-,69+. The fraction of sp³-hybridized carbons (Fsp3) is 0.472. The van der Waals surface area contributed by atoms with Crippen molar-refractivity contribution in [3.8, 4) is 22.4 Å². The van der Waals surface area contributed by atoms with Gasteiger partial charge in [0.25, 0.3) is 11.8 Å². The Morgan fingerprint density at radius 1 is 0.792 bits per heavy atom. The summed E-state index contributed by atoms with van der Waals surface area (Å²) in [4.78, 5) is 88.9. The quantitative estimate of drug-likeness (QED) is 0.0928. The summed E-state index contributed by atoms with van der Waals surface area (Å²) in [5.74, 6) is -5.30. The normalized spacial score (nSPS) is 18.1. The molecule has 2 N–H and O–H groups in total. The number of carbonyl (C=O) groups excluding carboxylic acids is 6. The van der Waals surface area contributed by atoms with Crippen molar-refractivity contribution in [1.82, 2.24) is 44.2 Å². The Bertz CT molecular complexity index is 3080. The van der Waals surface area contributed by atoms with Crippen LogP contribution in [0.5, 0.6) is 0 Å². The number of rotatable bonds is 13. The maximum absolute atomic E-state index is 15.9. The molecule has 0 radical (unpaired) electrons. The van der Waals surface area contributed by atoms with Crippen molar-refractivity contribution in [1.29, 1.82) is 0 Å². The van der Waals surface area contributed by atoms with Crippen LogP contribution in [0, 0.1) is 36.3 Å². The van der Waals surface area contributed by atoms with Gasteiger partial charge in [-0.3, -0.25) is 23.9 Å². The van der Waals surface area contributed by atoms with Gasteiger partial charge in [-0.25, -0.2) is 23.4 Å². The third-order valence-corrected chi connectivity index (χ3v) is 14.0. The van der Waals surface area contributed by atoms with Crippen LogP contribution in [-0.4, -0.2) is 161 Å². The predicted octanol–water partition coefficient (Wildman–Crippen LogP) is 6.73. The van der Waals surface area contributed by atoms with E-state index >= 15 is 8.78 Å². The number of halogens is 4. The molecular formula is C53H63ClF3N12O8+. The number of piperidine rings is 1. The number of aromatic nitrogens is 6. The summed E-state index contributed by atoms with van der Waals surface area (Å²) in [6, 6.07) is 9.39. The zero-order valence-corrected chi connectivity index (χ0v) is 45.0. The molecule has 5 amide bonds. The van der Waals surface area contributed by atoms with E-state index in [2.05, 4.69) is 30.9 Å². The fourth-order valence-electron chi connectivity index (χ4n) is 10.0. The number of carbonyl (C=O) groups is 6. The number of likely N-dealkylation sites (tertiary alicyclic amines) is 2. The molecule has 0 aliphatic carbocycles. The van der Waals surface area contributed by atoms with Crippen LogP contribution in [0.15, 0.2) is 54.9 Å². The van der Waals surface area contributed by atoms with Crippen LogP contribution in [0.3, 0.4) is 0 Å². The second kappa shape index (κ2) is 22.3. The van der Waals surface area contributed by atoms with Gasteiger partial charge in [0.1, 0.15) is 17.7 Å². The Morgan fingerprint density at radius 2 is 1.44 bits per heavy atom. The van der Waals surface area contributed by atoms with Crippen molar-refractivity contribution in [3.63, 3.8) is 0 Å². The lowest BCUT2D eigenvalue weighted by Gasteiger charge is -2.49. The SMILES string of the molecule is Cc1nn(CC(=O)Nc2ccc(F)nn2)cc1-c1ccc(-c2cnc(C(=O)Nc3ccc(C(=O)N4CCN(C(=O)[C@H]5CC[N@+](CC(=O)OC(C)(C)C)(CC6CN(C(=O)OC(C)(C)C)C6)CC5)CC4)c(Cl)c3)n2C)c(F)c1F. The molecule has 24 heteroatoms. The van der Waals surface area contributed by atoms with Crippen molar-refractivity contribution < 1.29 is 55.9 Å². The molecule has 3 aliphatic heterocycles. The van der Waals surface area contributed by atoms with Crippen molar-refractivity contribution >= 4 is 58.8 Å². The minimum Gasteiger partial charge on any atom is -0.456 e. The summed E-state index contributed by atoms with van der Waals surface area (Å²) in [6.45, 7) is 16.6. The lowest BCUT2D eigenvalue weighted by Crippen LogP contribution is -2.64. The van der Waals surface area contributed by atoms with Crippen LogP contribution in [0.25, 0.3) is 22.4 Å². The number of hydrogen-bond acceptors (Lipinski definition) is 12. The Morgan fingerprint density at radius 3 is 2.08 bits per heavy atom. The number of piperazine rings is 1. The van der Waals surface area contributed by atoms with E-state index in [0.29, 0.717) is 68.8 Å². The van der Waals surface area contributed by atoms with Gasteiger partial charge in [0.2, 0.25) is 17.8 Å². The summed E-state index contributed by atoms with van der Waals surface area (Å²) >= 11 is 6.65. The monoisotopic (exact) mass is 1090 g/mol. The van der Waals surface area contributed by atoms with Gasteiger partial charge >= 0.3 is 12.1 Å². The molecule has 0 spiro atoms. The first-order valence-corrected chi connectivity index (χ1v) is 25.7. The molecule has 0 bridgehead atoms. The van der Waals surface area contributed by atoms with E-state index in [4.69, 9.17) is 21.1 Å². The van der Waals surface area contributed by atoms with Crippen molar-refractivity contribution in [2.45, 2.75) is 79.1 Å². The van der Waals surface area contributed by atoms with E-state index in [-0.39, 0.29) is 112 Å². The van der Waals surface area contributed by atoms with Crippen LogP contribution in [0.4, 0.5) is 29.5 Å². The number of amides is 5.